The second-order valence-electron chi connectivity index (χ2n) is 8.90. The Balaban J connectivity index is 2.04. The van der Waals surface area contributed by atoms with Gasteiger partial charge in [-0.2, -0.15) is 13.9 Å². The van der Waals surface area contributed by atoms with Gasteiger partial charge in [-0.25, -0.2) is 4.68 Å². The first-order valence-corrected chi connectivity index (χ1v) is 11.5. The van der Waals surface area contributed by atoms with Crippen LogP contribution in [0.25, 0.3) is 11.3 Å². The van der Waals surface area contributed by atoms with E-state index in [-0.39, 0.29) is 11.2 Å². The third-order valence-electron chi connectivity index (χ3n) is 4.96. The molecular weight excluding hydrogens is 440 g/mol. The lowest BCUT2D eigenvalue weighted by Gasteiger charge is -2.19. The first kappa shape index (κ1) is 24.6. The highest BCUT2D eigenvalue weighted by Crippen LogP contribution is 2.25. The topological polar surface area (TPSA) is 38.9 Å². The van der Waals surface area contributed by atoms with Gasteiger partial charge in [0.2, 0.25) is 4.80 Å². The highest BCUT2D eigenvalue weighted by atomic mass is 32.1. The Kier molecular flexibility index (Phi) is 7.64. The van der Waals surface area contributed by atoms with Crippen molar-refractivity contribution in [1.29, 1.82) is 0 Å². The molecule has 0 radical (unpaired) electrons. The molecule has 0 N–H and O–H groups in total. The van der Waals surface area contributed by atoms with E-state index in [1.165, 1.54) is 29.0 Å². The average molecular weight is 470 g/mol. The SMILES string of the molecule is C=C(C)CN=c1scc(-c2ccc(OC(F)F)cc2)n1N=C(C)c1ccc(C(C)(C)C)cc1. The lowest BCUT2D eigenvalue weighted by atomic mass is 9.86. The lowest BCUT2D eigenvalue weighted by Crippen LogP contribution is -2.15. The number of alkyl halides is 2. The maximum atomic E-state index is 12.5. The molecule has 33 heavy (non-hydrogen) atoms. The number of hydrogen-bond donors (Lipinski definition) is 0. The predicted molar refractivity (Wildman–Crippen MR) is 132 cm³/mol. The highest BCUT2D eigenvalue weighted by Gasteiger charge is 2.14. The van der Waals surface area contributed by atoms with E-state index in [0.29, 0.717) is 6.54 Å². The Bertz CT molecular complexity index is 1200. The van der Waals surface area contributed by atoms with Gasteiger partial charge in [0, 0.05) is 10.9 Å². The summed E-state index contributed by atoms with van der Waals surface area (Å²) in [5.74, 6) is 0.112. The first-order chi connectivity index (χ1) is 15.5. The Morgan fingerprint density at radius 2 is 1.70 bits per heavy atom. The van der Waals surface area contributed by atoms with E-state index in [0.717, 1.165) is 32.9 Å². The molecule has 4 nitrogen and oxygen atoms in total. The molecule has 0 atom stereocenters. The van der Waals surface area contributed by atoms with Crippen LogP contribution >= 0.6 is 11.3 Å². The van der Waals surface area contributed by atoms with Crippen molar-refractivity contribution in [2.75, 3.05) is 6.54 Å². The fraction of sp³-hybridized carbons (Fsp3) is 0.308. The Labute approximate surface area is 197 Å². The smallest absolute Gasteiger partial charge is 0.387 e. The van der Waals surface area contributed by atoms with Crippen LogP contribution in [0.1, 0.15) is 45.7 Å². The fourth-order valence-electron chi connectivity index (χ4n) is 3.13. The molecule has 0 aliphatic heterocycles. The number of aromatic nitrogens is 1. The van der Waals surface area contributed by atoms with Gasteiger partial charge in [0.05, 0.1) is 18.0 Å². The molecule has 0 spiro atoms. The van der Waals surface area contributed by atoms with Crippen LogP contribution in [-0.2, 0) is 5.41 Å². The summed E-state index contributed by atoms with van der Waals surface area (Å²) >= 11 is 1.47. The van der Waals surface area contributed by atoms with Crippen LogP contribution in [-0.4, -0.2) is 23.5 Å². The van der Waals surface area contributed by atoms with Crippen molar-refractivity contribution in [3.05, 3.63) is 82.0 Å². The Hall–Kier alpha value is -3.06. The van der Waals surface area contributed by atoms with Gasteiger partial charge in [-0.1, -0.05) is 57.2 Å². The number of thiazole rings is 1. The average Bonchev–Trinajstić information content (AvgIpc) is 3.14. The van der Waals surface area contributed by atoms with E-state index in [4.69, 9.17) is 5.10 Å². The maximum Gasteiger partial charge on any atom is 0.387 e. The third kappa shape index (κ3) is 6.48. The molecule has 2 aromatic carbocycles. The molecule has 7 heteroatoms. The van der Waals surface area contributed by atoms with Gasteiger partial charge in [-0.15, -0.1) is 11.3 Å². The maximum absolute atomic E-state index is 12.5. The number of nitrogens with zero attached hydrogens (tertiary/aromatic N) is 3. The van der Waals surface area contributed by atoms with Crippen molar-refractivity contribution < 1.29 is 13.5 Å². The first-order valence-electron chi connectivity index (χ1n) is 10.6. The minimum absolute atomic E-state index is 0.0770. The van der Waals surface area contributed by atoms with Crippen molar-refractivity contribution >= 4 is 17.0 Å². The normalized spacial score (nSPS) is 13.0. The monoisotopic (exact) mass is 469 g/mol. The van der Waals surface area contributed by atoms with Crippen molar-refractivity contribution in [2.45, 2.75) is 46.6 Å². The quantitative estimate of drug-likeness (QED) is 0.275. The number of hydrogen-bond acceptors (Lipinski definition) is 4. The molecule has 1 heterocycles. The summed E-state index contributed by atoms with van der Waals surface area (Å²) in [6.07, 6.45) is 0. The Morgan fingerprint density at radius 3 is 2.24 bits per heavy atom. The molecule has 0 bridgehead atoms. The summed E-state index contributed by atoms with van der Waals surface area (Å²) in [6.45, 7) is 12.0. The van der Waals surface area contributed by atoms with Crippen LogP contribution in [0.15, 0.2) is 76.2 Å². The molecule has 174 valence electrons. The van der Waals surface area contributed by atoms with Gasteiger partial charge in [-0.3, -0.25) is 4.99 Å². The zero-order chi connectivity index (χ0) is 24.2. The summed E-state index contributed by atoms with van der Waals surface area (Å²) in [4.78, 5) is 5.38. The molecule has 0 fully saturated rings. The van der Waals surface area contributed by atoms with E-state index >= 15 is 0 Å². The van der Waals surface area contributed by atoms with Crippen LogP contribution in [0.4, 0.5) is 8.78 Å². The van der Waals surface area contributed by atoms with E-state index in [1.54, 1.807) is 16.8 Å². The molecule has 0 aliphatic rings. The third-order valence-corrected chi connectivity index (χ3v) is 5.82. The summed E-state index contributed by atoms with van der Waals surface area (Å²) in [6, 6.07) is 14.9. The largest absolute Gasteiger partial charge is 0.435 e. The van der Waals surface area contributed by atoms with Crippen LogP contribution in [0.2, 0.25) is 0 Å². The van der Waals surface area contributed by atoms with Crippen molar-refractivity contribution in [3.63, 3.8) is 0 Å². The van der Waals surface area contributed by atoms with E-state index in [1.807, 2.05) is 19.2 Å². The fourth-order valence-corrected chi connectivity index (χ4v) is 3.96. The molecule has 3 rings (SSSR count). The summed E-state index contributed by atoms with van der Waals surface area (Å²) in [5, 5.41) is 6.83. The molecule has 3 aromatic rings. The zero-order valence-corrected chi connectivity index (χ0v) is 20.4. The van der Waals surface area contributed by atoms with E-state index in [9.17, 15) is 8.78 Å². The second kappa shape index (κ2) is 10.3. The van der Waals surface area contributed by atoms with Crippen LogP contribution in [0.5, 0.6) is 5.75 Å². The summed E-state index contributed by atoms with van der Waals surface area (Å²) < 4.78 is 31.3. The standard InChI is InChI=1S/C26H29F2N3OS/c1-17(2)15-29-25-31(30-18(3)19-7-11-21(12-8-19)26(4,5)6)23(16-33-25)20-9-13-22(14-10-20)32-24(27)28/h7-14,16,24H,1,15H2,2-6H3. The number of halogens is 2. The van der Waals surface area contributed by atoms with Crippen molar-refractivity contribution in [1.82, 2.24) is 4.68 Å². The van der Waals surface area contributed by atoms with Gasteiger partial charge in [0.25, 0.3) is 0 Å². The minimum Gasteiger partial charge on any atom is -0.435 e. The molecule has 0 aliphatic carbocycles. The number of benzene rings is 2. The van der Waals surface area contributed by atoms with Crippen LogP contribution < -0.4 is 9.54 Å². The second-order valence-corrected chi connectivity index (χ2v) is 9.74. The van der Waals surface area contributed by atoms with Gasteiger partial charge in [0.15, 0.2) is 0 Å². The number of ether oxygens (including phenoxy) is 1. The molecular formula is C26H29F2N3OS. The van der Waals surface area contributed by atoms with Gasteiger partial charge >= 0.3 is 6.61 Å². The van der Waals surface area contributed by atoms with Gasteiger partial charge < -0.3 is 4.74 Å². The lowest BCUT2D eigenvalue weighted by molar-refractivity contribution is -0.0498. The van der Waals surface area contributed by atoms with Crippen LogP contribution in [0.3, 0.4) is 0 Å². The summed E-state index contributed by atoms with van der Waals surface area (Å²) in [5.41, 5.74) is 5.77. The van der Waals surface area contributed by atoms with Crippen molar-refractivity contribution in [2.24, 2.45) is 10.1 Å². The zero-order valence-electron chi connectivity index (χ0n) is 19.6. The molecule has 0 amide bonds. The minimum atomic E-state index is -2.86. The van der Waals surface area contributed by atoms with Gasteiger partial charge in [0.1, 0.15) is 5.75 Å². The van der Waals surface area contributed by atoms with Crippen molar-refractivity contribution in [3.8, 4) is 17.0 Å². The molecule has 0 saturated carbocycles. The number of rotatable bonds is 7. The molecule has 1 aromatic heterocycles. The Morgan fingerprint density at radius 1 is 1.06 bits per heavy atom. The van der Waals surface area contributed by atoms with E-state index < -0.39 is 6.61 Å². The predicted octanol–water partition coefficient (Wildman–Crippen LogP) is 6.86. The van der Waals surface area contributed by atoms with Crippen LogP contribution in [0, 0.1) is 0 Å². The molecule has 0 unspecified atom stereocenters. The molecule has 0 saturated heterocycles. The van der Waals surface area contributed by atoms with E-state index in [2.05, 4.69) is 61.3 Å². The summed E-state index contributed by atoms with van der Waals surface area (Å²) in [7, 11) is 0. The van der Waals surface area contributed by atoms with Gasteiger partial charge in [-0.05, 0) is 54.7 Å². The highest BCUT2D eigenvalue weighted by molar-refractivity contribution is 7.07.